The van der Waals surface area contributed by atoms with Gasteiger partial charge in [-0.3, -0.25) is 4.79 Å². The molecule has 0 aliphatic heterocycles. The largest absolute Gasteiger partial charge is 0.287 e. The molecule has 0 bridgehead atoms. The van der Waals surface area contributed by atoms with Gasteiger partial charge >= 0.3 is 0 Å². The molecule has 1 aromatic heterocycles. The van der Waals surface area contributed by atoms with Crippen molar-refractivity contribution in [2.45, 2.75) is 13.0 Å². The molecule has 0 N–H and O–H groups in total. The maximum Gasteiger partial charge on any atom is 0.227 e. The zero-order valence-electron chi connectivity index (χ0n) is 32.2. The first-order valence-electron chi connectivity index (χ1n) is 17.8. The van der Waals surface area contributed by atoms with Gasteiger partial charge in [0.1, 0.15) is 58.4 Å². The van der Waals surface area contributed by atoms with E-state index in [4.69, 9.17) is 5.53 Å². The minimum atomic E-state index is -7.22. The normalized spacial score (nSPS) is 11.5. The Balaban J connectivity index is 0.000000319. The van der Waals surface area contributed by atoms with E-state index in [9.17, 15) is 57.5 Å². The van der Waals surface area contributed by atoms with E-state index in [2.05, 4.69) is 15.0 Å². The van der Waals surface area contributed by atoms with E-state index in [-0.39, 0.29) is 12.3 Å². The van der Waals surface area contributed by atoms with Crippen molar-refractivity contribution in [3.63, 3.8) is 0 Å². The summed E-state index contributed by atoms with van der Waals surface area (Å²) in [5, 5.41) is 3.42. The number of ketones is 1. The highest BCUT2D eigenvalue weighted by Crippen LogP contribution is 2.30. The zero-order chi connectivity index (χ0) is 50.0. The molecule has 0 spiro atoms. The van der Waals surface area contributed by atoms with Gasteiger partial charge in [-0.25, -0.2) is 92.8 Å². The second-order valence-corrected chi connectivity index (χ2v) is 13.4. The second kappa shape index (κ2) is 20.0. The fraction of sp³-hybridized carbons (Fsp3) is 0.0750. The van der Waals surface area contributed by atoms with E-state index >= 15 is 35.1 Å². The summed E-state index contributed by atoms with van der Waals surface area (Å²) in [6, 6.07) is 9.21. The highest BCUT2D eigenvalue weighted by molar-refractivity contribution is 7.20. The van der Waals surface area contributed by atoms with Crippen LogP contribution in [0.5, 0.6) is 0 Å². The molecule has 0 unspecified atom stereocenters. The lowest BCUT2D eigenvalue weighted by Crippen LogP contribution is -2.81. The van der Waals surface area contributed by atoms with Crippen molar-refractivity contribution < 1.29 is 97.2 Å². The lowest BCUT2D eigenvalue weighted by Gasteiger charge is -2.44. The third kappa shape index (κ3) is 8.84. The van der Waals surface area contributed by atoms with Crippen molar-refractivity contribution in [3.05, 3.63) is 199 Å². The third-order valence-corrected chi connectivity index (χ3v) is 9.69. The Labute approximate surface area is 359 Å². The van der Waals surface area contributed by atoms with Gasteiger partial charge in [-0.2, -0.15) is 4.57 Å². The van der Waals surface area contributed by atoms with E-state index in [1.807, 2.05) is 47.2 Å². The van der Waals surface area contributed by atoms with Crippen LogP contribution in [-0.2, 0) is 13.0 Å². The van der Waals surface area contributed by atoms with Crippen LogP contribution in [0, 0.1) is 116 Å². The molecule has 6 aromatic rings. The fourth-order valence-electron chi connectivity index (χ4n) is 6.80. The van der Waals surface area contributed by atoms with Crippen molar-refractivity contribution >= 4 is 33.8 Å². The number of aromatic nitrogens is 2. The lowest BCUT2D eigenvalue weighted by atomic mass is 9.12. The van der Waals surface area contributed by atoms with Gasteiger partial charge in [-0.15, -0.1) is 21.9 Å². The van der Waals surface area contributed by atoms with E-state index < -0.39 is 144 Å². The van der Waals surface area contributed by atoms with Gasteiger partial charge in [-0.05, 0) is 5.53 Å². The number of Topliss-reactive ketones (excluding diaryl/α,β-unsaturated/α-hetero) is 1. The number of allylic oxidation sites excluding steroid dienone is 1. The molecular weight excluding hydrogens is 957 g/mol. The number of carbonyl (C=O) groups is 1. The van der Waals surface area contributed by atoms with Crippen LogP contribution in [0.25, 0.3) is 10.4 Å². The molecule has 67 heavy (non-hydrogen) atoms. The fourth-order valence-corrected chi connectivity index (χ4v) is 6.80. The molecule has 27 heteroatoms. The van der Waals surface area contributed by atoms with Crippen LogP contribution in [0.2, 0.25) is 0 Å². The van der Waals surface area contributed by atoms with Gasteiger partial charge in [0, 0.05) is 23.4 Å². The summed E-state index contributed by atoms with van der Waals surface area (Å²) >= 11 is 0. The summed E-state index contributed by atoms with van der Waals surface area (Å²) in [5.74, 6) is -71.3. The SMILES string of the molecule is Fc1c(F)c(F)c([B-](c2c(F)c(F)c(F)c(F)c2F)(c2c(F)c(F)c(F)c(F)c2F)c2c(F)c(F)c(F)c(F)c2F)c(F)c1F.[N-]=[N+]=NCC=CCc1c[n+](CC(=O)c2ccccc2)ccn1. The number of halogens is 20. The number of hydrogen-bond acceptors (Lipinski definition) is 3. The van der Waals surface area contributed by atoms with Crippen LogP contribution < -0.4 is 26.4 Å². The Morgan fingerprint density at radius 1 is 0.522 bits per heavy atom. The summed E-state index contributed by atoms with van der Waals surface area (Å²) in [6.45, 7) is 0.609. The quantitative estimate of drug-likeness (QED) is 0.0125. The van der Waals surface area contributed by atoms with Crippen LogP contribution >= 0.6 is 0 Å². The Kier molecular flexibility index (Phi) is 15.1. The molecule has 0 radical (unpaired) electrons. The monoisotopic (exact) mass is 973 g/mol. The highest BCUT2D eigenvalue weighted by Gasteiger charge is 2.52. The summed E-state index contributed by atoms with van der Waals surface area (Å²) in [4.78, 5) is 19.1. The van der Waals surface area contributed by atoms with Crippen molar-refractivity contribution in [1.82, 2.24) is 4.98 Å². The van der Waals surface area contributed by atoms with Gasteiger partial charge in [0.2, 0.25) is 12.3 Å². The average molecular weight is 973 g/mol. The van der Waals surface area contributed by atoms with Gasteiger partial charge in [0.25, 0.3) is 0 Å². The standard InChI is InChI=1S/C24BF20.C16H16N5O/c26-5-1(6(27)14(35)21(42)13(5)34)25(2-7(28)15(36)22(43)16(37)8(2)29,3-9(30)17(38)23(44)18(39)10(3)31)4-11(32)19(40)24(45)20(41)12(4)33;17-20-19-9-5-4-8-15-12-21(11-10-18-15)13-16(22)14-6-2-1-3-7-14/h;1-7,10-12H,8-9,13H2/q-1;+1. The molecule has 6 nitrogen and oxygen atoms in total. The van der Waals surface area contributed by atoms with Crippen molar-refractivity contribution in [2.24, 2.45) is 5.11 Å². The number of nitrogens with zero attached hydrogens (tertiary/aromatic N) is 5. The number of rotatable bonds is 11. The number of carbonyl (C=O) groups excluding carboxylic acids is 1. The Morgan fingerprint density at radius 3 is 1.18 bits per heavy atom. The summed E-state index contributed by atoms with van der Waals surface area (Å²) < 4.78 is 296. The smallest absolute Gasteiger partial charge is 0.227 e. The van der Waals surface area contributed by atoms with E-state index in [0.717, 1.165) is 5.69 Å². The molecule has 0 saturated carbocycles. The van der Waals surface area contributed by atoms with Crippen LogP contribution in [0.3, 0.4) is 0 Å². The van der Waals surface area contributed by atoms with Gasteiger partial charge < -0.3 is 0 Å². The highest BCUT2D eigenvalue weighted by atomic mass is 19.2. The molecule has 5 aromatic carbocycles. The molecule has 350 valence electrons. The molecule has 0 amide bonds. The van der Waals surface area contributed by atoms with E-state index in [0.29, 0.717) is 18.5 Å². The Morgan fingerprint density at radius 2 is 0.851 bits per heavy atom. The second-order valence-electron chi connectivity index (χ2n) is 13.4. The first-order chi connectivity index (χ1) is 31.5. The van der Waals surface area contributed by atoms with Gasteiger partial charge in [-0.1, -0.05) is 47.6 Å². The maximum absolute atomic E-state index is 15.4. The molecule has 1 heterocycles. The van der Waals surface area contributed by atoms with Gasteiger partial charge in [0.05, 0.1) is 6.20 Å². The van der Waals surface area contributed by atoms with Gasteiger partial charge in [0.15, 0.2) is 82.2 Å². The van der Waals surface area contributed by atoms with Crippen molar-refractivity contribution in [1.29, 1.82) is 0 Å². The minimum absolute atomic E-state index is 0.0571. The zero-order valence-corrected chi connectivity index (χ0v) is 32.2. The predicted octanol–water partition coefficient (Wildman–Crippen LogP) is 8.51. The summed E-state index contributed by atoms with van der Waals surface area (Å²) in [6.07, 6.45) is 2.38. The van der Waals surface area contributed by atoms with Crippen LogP contribution in [-0.4, -0.2) is 23.5 Å². The number of benzene rings is 5. The molecule has 6 rings (SSSR count). The maximum atomic E-state index is 15.4. The lowest BCUT2D eigenvalue weighted by molar-refractivity contribution is -0.684. The number of hydrogen-bond donors (Lipinski definition) is 0. The van der Waals surface area contributed by atoms with E-state index in [1.54, 1.807) is 18.5 Å². The van der Waals surface area contributed by atoms with Crippen LogP contribution in [0.4, 0.5) is 87.8 Å². The molecule has 0 saturated heterocycles. The Hall–Kier alpha value is -7.44. The van der Waals surface area contributed by atoms with Crippen LogP contribution in [0.15, 0.2) is 66.2 Å². The summed E-state index contributed by atoms with van der Waals surface area (Å²) in [5.41, 5.74) is -4.61. The topological polar surface area (TPSA) is 82.6 Å². The Bertz CT molecular complexity index is 2660. The van der Waals surface area contributed by atoms with Crippen molar-refractivity contribution in [2.75, 3.05) is 6.54 Å². The molecule has 0 aliphatic carbocycles. The number of azide groups is 1. The third-order valence-electron chi connectivity index (χ3n) is 9.69. The first kappa shape index (κ1) is 50.6. The van der Waals surface area contributed by atoms with Crippen molar-refractivity contribution in [3.8, 4) is 0 Å². The molecule has 0 aliphatic rings. The predicted molar refractivity (Wildman–Crippen MR) is 191 cm³/mol. The summed E-state index contributed by atoms with van der Waals surface area (Å²) in [7, 11) is 0. The first-order valence-corrected chi connectivity index (χ1v) is 17.8. The average Bonchev–Trinajstić information content (AvgIpc) is 3.32. The molecular formula is C40H16BF20N5O. The molecule has 0 fully saturated rings. The molecule has 0 atom stereocenters. The van der Waals surface area contributed by atoms with Crippen LogP contribution in [0.1, 0.15) is 16.1 Å². The van der Waals surface area contributed by atoms with E-state index in [1.165, 1.54) is 0 Å². The minimum Gasteiger partial charge on any atom is -0.287 e.